The number of hydrogen-bond acceptors (Lipinski definition) is 3. The molecule has 1 aromatic rings. The van der Waals surface area contributed by atoms with E-state index in [0.29, 0.717) is 12.0 Å². The summed E-state index contributed by atoms with van der Waals surface area (Å²) in [4.78, 5) is 0. The summed E-state index contributed by atoms with van der Waals surface area (Å²) in [6.07, 6.45) is 5.18. The van der Waals surface area contributed by atoms with Gasteiger partial charge in [-0.1, -0.05) is 13.8 Å². The summed E-state index contributed by atoms with van der Waals surface area (Å²) in [5, 5.41) is 3.59. The lowest BCUT2D eigenvalue weighted by Gasteiger charge is -2.30. The van der Waals surface area contributed by atoms with Crippen LogP contribution in [0.2, 0.25) is 0 Å². The van der Waals surface area contributed by atoms with Crippen molar-refractivity contribution in [2.24, 2.45) is 5.92 Å². The third-order valence-electron chi connectivity index (χ3n) is 3.53. The van der Waals surface area contributed by atoms with E-state index in [1.54, 1.807) is 0 Å². The van der Waals surface area contributed by atoms with Crippen LogP contribution in [-0.2, 0) is 11.2 Å². The molecule has 0 bridgehead atoms. The van der Waals surface area contributed by atoms with Crippen LogP contribution in [0.25, 0.3) is 0 Å². The summed E-state index contributed by atoms with van der Waals surface area (Å²) in [6.45, 7) is 7.06. The van der Waals surface area contributed by atoms with Crippen LogP contribution in [0.1, 0.15) is 44.1 Å². The lowest BCUT2D eigenvalue weighted by molar-refractivity contribution is 0.0390. The standard InChI is InChI=1S/C14H23NO2/c1-3-13-12(7-9-17-13)14(15-4-2)11-6-5-8-16-10-11/h7,9,11,14-15H,3-6,8,10H2,1-2H3. The molecule has 2 unspecified atom stereocenters. The van der Waals surface area contributed by atoms with E-state index in [2.05, 4.69) is 25.2 Å². The molecule has 2 heterocycles. The van der Waals surface area contributed by atoms with Crippen molar-refractivity contribution < 1.29 is 9.15 Å². The van der Waals surface area contributed by atoms with E-state index in [4.69, 9.17) is 9.15 Å². The van der Waals surface area contributed by atoms with Gasteiger partial charge in [0.1, 0.15) is 5.76 Å². The maximum atomic E-state index is 5.61. The van der Waals surface area contributed by atoms with Gasteiger partial charge in [0.15, 0.2) is 0 Å². The number of ether oxygens (including phenoxy) is 1. The largest absolute Gasteiger partial charge is 0.469 e. The molecular formula is C14H23NO2. The van der Waals surface area contributed by atoms with Gasteiger partial charge < -0.3 is 14.5 Å². The fourth-order valence-corrected chi connectivity index (χ4v) is 2.69. The van der Waals surface area contributed by atoms with Crippen molar-refractivity contribution in [3.8, 4) is 0 Å². The van der Waals surface area contributed by atoms with Gasteiger partial charge in [0, 0.05) is 30.6 Å². The van der Waals surface area contributed by atoms with E-state index in [0.717, 1.165) is 31.9 Å². The highest BCUT2D eigenvalue weighted by molar-refractivity contribution is 5.22. The third-order valence-corrected chi connectivity index (χ3v) is 3.53. The lowest BCUT2D eigenvalue weighted by Crippen LogP contribution is -2.33. The Morgan fingerprint density at radius 2 is 2.35 bits per heavy atom. The summed E-state index contributed by atoms with van der Waals surface area (Å²) in [5.74, 6) is 1.69. The first-order chi connectivity index (χ1) is 8.36. The summed E-state index contributed by atoms with van der Waals surface area (Å²) in [6, 6.07) is 2.50. The van der Waals surface area contributed by atoms with Crippen molar-refractivity contribution in [3.05, 3.63) is 23.7 Å². The number of furan rings is 1. The van der Waals surface area contributed by atoms with Gasteiger partial charge in [-0.3, -0.25) is 0 Å². The van der Waals surface area contributed by atoms with Gasteiger partial charge >= 0.3 is 0 Å². The molecule has 0 aromatic carbocycles. The molecule has 2 atom stereocenters. The Labute approximate surface area is 104 Å². The van der Waals surface area contributed by atoms with Crippen LogP contribution in [0.5, 0.6) is 0 Å². The van der Waals surface area contributed by atoms with Crippen LogP contribution in [0.15, 0.2) is 16.7 Å². The highest BCUT2D eigenvalue weighted by Crippen LogP contribution is 2.31. The van der Waals surface area contributed by atoms with E-state index in [1.807, 2.05) is 6.26 Å². The van der Waals surface area contributed by atoms with Crippen LogP contribution in [0, 0.1) is 5.92 Å². The molecule has 0 spiro atoms. The number of rotatable bonds is 5. The zero-order valence-corrected chi connectivity index (χ0v) is 10.9. The molecule has 0 amide bonds. The Kier molecular flexibility index (Phi) is 4.63. The van der Waals surface area contributed by atoms with Crippen LogP contribution in [0.3, 0.4) is 0 Å². The molecule has 1 saturated heterocycles. The quantitative estimate of drug-likeness (QED) is 0.855. The molecule has 3 nitrogen and oxygen atoms in total. The number of hydrogen-bond donors (Lipinski definition) is 1. The maximum absolute atomic E-state index is 5.61. The molecule has 2 rings (SSSR count). The molecule has 17 heavy (non-hydrogen) atoms. The average Bonchev–Trinajstić information content (AvgIpc) is 2.85. The summed E-state index contributed by atoms with van der Waals surface area (Å²) >= 11 is 0. The maximum Gasteiger partial charge on any atom is 0.108 e. The second-order valence-corrected chi connectivity index (χ2v) is 4.67. The molecule has 0 saturated carbocycles. The monoisotopic (exact) mass is 237 g/mol. The molecule has 96 valence electrons. The van der Waals surface area contributed by atoms with Gasteiger partial charge in [0.2, 0.25) is 0 Å². The number of nitrogens with one attached hydrogen (secondary N) is 1. The second kappa shape index (κ2) is 6.22. The lowest BCUT2D eigenvalue weighted by atomic mass is 9.88. The molecule has 1 N–H and O–H groups in total. The summed E-state index contributed by atoms with van der Waals surface area (Å²) in [5.41, 5.74) is 1.32. The van der Waals surface area contributed by atoms with Crippen LogP contribution in [0.4, 0.5) is 0 Å². The zero-order valence-electron chi connectivity index (χ0n) is 10.9. The van der Waals surface area contributed by atoms with E-state index in [-0.39, 0.29) is 0 Å². The first-order valence-electron chi connectivity index (χ1n) is 6.74. The molecule has 3 heteroatoms. The van der Waals surface area contributed by atoms with Crippen LogP contribution < -0.4 is 5.32 Å². The molecular weight excluding hydrogens is 214 g/mol. The zero-order chi connectivity index (χ0) is 12.1. The minimum Gasteiger partial charge on any atom is -0.469 e. The van der Waals surface area contributed by atoms with E-state index in [9.17, 15) is 0 Å². The van der Waals surface area contributed by atoms with Crippen molar-refractivity contribution >= 4 is 0 Å². The molecule has 1 aromatic heterocycles. The first kappa shape index (κ1) is 12.7. The SMILES string of the molecule is CCNC(c1ccoc1CC)C1CCCOC1. The predicted molar refractivity (Wildman–Crippen MR) is 68.0 cm³/mol. The first-order valence-corrected chi connectivity index (χ1v) is 6.74. The molecule has 1 fully saturated rings. The van der Waals surface area contributed by atoms with Crippen LogP contribution in [-0.4, -0.2) is 19.8 Å². The van der Waals surface area contributed by atoms with Gasteiger partial charge in [-0.05, 0) is 25.5 Å². The Morgan fingerprint density at radius 1 is 1.47 bits per heavy atom. The van der Waals surface area contributed by atoms with Gasteiger partial charge in [-0.2, -0.15) is 0 Å². The topological polar surface area (TPSA) is 34.4 Å². The van der Waals surface area contributed by atoms with Gasteiger partial charge in [-0.25, -0.2) is 0 Å². The molecule has 0 radical (unpaired) electrons. The van der Waals surface area contributed by atoms with Crippen LogP contribution >= 0.6 is 0 Å². The highest BCUT2D eigenvalue weighted by atomic mass is 16.5. The minimum atomic E-state index is 0.383. The summed E-state index contributed by atoms with van der Waals surface area (Å²) in [7, 11) is 0. The van der Waals surface area contributed by atoms with Gasteiger partial charge in [-0.15, -0.1) is 0 Å². The van der Waals surface area contributed by atoms with Gasteiger partial charge in [0.25, 0.3) is 0 Å². The van der Waals surface area contributed by atoms with E-state index in [1.165, 1.54) is 18.4 Å². The fraction of sp³-hybridized carbons (Fsp3) is 0.714. The molecule has 0 aliphatic carbocycles. The summed E-state index contributed by atoms with van der Waals surface area (Å²) < 4.78 is 11.2. The van der Waals surface area contributed by atoms with Crippen molar-refractivity contribution in [1.82, 2.24) is 5.32 Å². The Balaban J connectivity index is 2.15. The Bertz CT molecular complexity index is 329. The Hall–Kier alpha value is -0.800. The highest BCUT2D eigenvalue weighted by Gasteiger charge is 2.27. The van der Waals surface area contributed by atoms with Crippen molar-refractivity contribution in [2.45, 2.75) is 39.2 Å². The third kappa shape index (κ3) is 2.90. The van der Waals surface area contributed by atoms with Crippen molar-refractivity contribution in [3.63, 3.8) is 0 Å². The average molecular weight is 237 g/mol. The Morgan fingerprint density at radius 3 is 3.00 bits per heavy atom. The van der Waals surface area contributed by atoms with Gasteiger partial charge in [0.05, 0.1) is 12.9 Å². The van der Waals surface area contributed by atoms with E-state index >= 15 is 0 Å². The molecule has 1 aliphatic heterocycles. The van der Waals surface area contributed by atoms with Crippen molar-refractivity contribution in [2.75, 3.05) is 19.8 Å². The normalized spacial score (nSPS) is 22.6. The van der Waals surface area contributed by atoms with E-state index < -0.39 is 0 Å². The molecule has 1 aliphatic rings. The number of aryl methyl sites for hydroxylation is 1. The smallest absolute Gasteiger partial charge is 0.108 e. The minimum absolute atomic E-state index is 0.383. The second-order valence-electron chi connectivity index (χ2n) is 4.67. The fourth-order valence-electron chi connectivity index (χ4n) is 2.69. The van der Waals surface area contributed by atoms with Crippen molar-refractivity contribution in [1.29, 1.82) is 0 Å². The predicted octanol–water partition coefficient (Wildman–Crippen LogP) is 2.92.